The van der Waals surface area contributed by atoms with E-state index < -0.39 is 6.29 Å². The summed E-state index contributed by atoms with van der Waals surface area (Å²) in [4.78, 5) is 0. The number of ether oxygens (including phenoxy) is 5. The largest absolute Gasteiger partial charge is 0.380 e. The predicted octanol–water partition coefficient (Wildman–Crippen LogP) is 0.252. The Morgan fingerprint density at radius 2 is 1.68 bits per heavy atom. The Kier molecular flexibility index (Phi) is 6.58. The molecule has 0 amide bonds. The third kappa shape index (κ3) is 3.97. The van der Waals surface area contributed by atoms with E-state index in [-0.39, 0.29) is 42.9 Å². The first-order valence-corrected chi connectivity index (χ1v) is 7.87. The van der Waals surface area contributed by atoms with Gasteiger partial charge in [0.1, 0.15) is 6.10 Å². The van der Waals surface area contributed by atoms with Gasteiger partial charge in [0.25, 0.3) is 0 Å². The zero-order valence-electron chi connectivity index (χ0n) is 14.0. The Bertz CT molecular complexity index is 344. The van der Waals surface area contributed by atoms with Crippen LogP contribution in [-0.4, -0.2) is 75.5 Å². The Labute approximate surface area is 132 Å². The SMILES string of the molecule is CNC1C(C)OC(OC2C(C)OC(O)CC2OC)CC1OC. The molecular formula is C15H29NO6. The van der Waals surface area contributed by atoms with Crippen LogP contribution in [0.15, 0.2) is 0 Å². The average molecular weight is 319 g/mol. The highest BCUT2D eigenvalue weighted by atomic mass is 16.7. The van der Waals surface area contributed by atoms with Crippen molar-refractivity contribution in [2.24, 2.45) is 0 Å². The van der Waals surface area contributed by atoms with Gasteiger partial charge < -0.3 is 34.1 Å². The van der Waals surface area contributed by atoms with E-state index in [0.29, 0.717) is 12.8 Å². The molecule has 8 unspecified atom stereocenters. The Morgan fingerprint density at radius 3 is 2.27 bits per heavy atom. The maximum atomic E-state index is 9.68. The third-order valence-corrected chi connectivity index (χ3v) is 4.58. The van der Waals surface area contributed by atoms with Crippen molar-refractivity contribution in [1.82, 2.24) is 5.32 Å². The first-order valence-electron chi connectivity index (χ1n) is 7.87. The molecule has 22 heavy (non-hydrogen) atoms. The molecule has 2 saturated heterocycles. The normalized spacial score (nSPS) is 46.6. The summed E-state index contributed by atoms with van der Waals surface area (Å²) in [7, 11) is 5.22. The number of hydrogen-bond donors (Lipinski definition) is 2. The molecule has 0 aromatic rings. The van der Waals surface area contributed by atoms with Gasteiger partial charge in [-0.25, -0.2) is 0 Å². The number of methoxy groups -OCH3 is 2. The van der Waals surface area contributed by atoms with Crippen LogP contribution < -0.4 is 5.32 Å². The van der Waals surface area contributed by atoms with Gasteiger partial charge in [0.05, 0.1) is 30.5 Å². The van der Waals surface area contributed by atoms with Crippen LogP contribution in [0.3, 0.4) is 0 Å². The molecule has 7 heteroatoms. The molecule has 7 nitrogen and oxygen atoms in total. The Balaban J connectivity index is 2.00. The molecule has 0 bridgehead atoms. The molecule has 2 rings (SSSR count). The van der Waals surface area contributed by atoms with Crippen LogP contribution in [0.1, 0.15) is 26.7 Å². The van der Waals surface area contributed by atoms with Gasteiger partial charge in [0.15, 0.2) is 12.6 Å². The topological polar surface area (TPSA) is 78.4 Å². The smallest absolute Gasteiger partial charge is 0.161 e. The van der Waals surface area contributed by atoms with Crippen LogP contribution in [0.5, 0.6) is 0 Å². The predicted molar refractivity (Wildman–Crippen MR) is 79.4 cm³/mol. The quantitative estimate of drug-likeness (QED) is 0.752. The van der Waals surface area contributed by atoms with Gasteiger partial charge in [-0.3, -0.25) is 0 Å². The van der Waals surface area contributed by atoms with Crippen LogP contribution >= 0.6 is 0 Å². The van der Waals surface area contributed by atoms with Crippen LogP contribution in [0, 0.1) is 0 Å². The number of hydrogen-bond acceptors (Lipinski definition) is 7. The van der Waals surface area contributed by atoms with Gasteiger partial charge in [-0.05, 0) is 20.9 Å². The monoisotopic (exact) mass is 319 g/mol. The zero-order chi connectivity index (χ0) is 16.3. The van der Waals surface area contributed by atoms with Gasteiger partial charge in [-0.2, -0.15) is 0 Å². The average Bonchev–Trinajstić information content (AvgIpc) is 2.48. The molecule has 0 saturated carbocycles. The van der Waals surface area contributed by atoms with Crippen molar-refractivity contribution < 1.29 is 28.8 Å². The third-order valence-electron chi connectivity index (χ3n) is 4.58. The maximum Gasteiger partial charge on any atom is 0.161 e. The molecule has 2 N–H and O–H groups in total. The number of aliphatic hydroxyl groups excluding tert-OH is 1. The van der Waals surface area contributed by atoms with E-state index in [9.17, 15) is 5.11 Å². The molecule has 0 radical (unpaired) electrons. The summed E-state index contributed by atoms with van der Waals surface area (Å²) < 4.78 is 28.5. The molecule has 0 aliphatic carbocycles. The minimum atomic E-state index is -0.814. The van der Waals surface area contributed by atoms with E-state index in [4.69, 9.17) is 23.7 Å². The van der Waals surface area contributed by atoms with Crippen molar-refractivity contribution in [1.29, 1.82) is 0 Å². The van der Waals surface area contributed by atoms with Crippen molar-refractivity contribution in [3.05, 3.63) is 0 Å². The fraction of sp³-hybridized carbons (Fsp3) is 1.00. The molecule has 0 aromatic heterocycles. The van der Waals surface area contributed by atoms with Crippen LogP contribution in [0.4, 0.5) is 0 Å². The lowest BCUT2D eigenvalue weighted by Gasteiger charge is -2.44. The fourth-order valence-corrected chi connectivity index (χ4v) is 3.39. The molecule has 8 atom stereocenters. The van der Waals surface area contributed by atoms with Gasteiger partial charge >= 0.3 is 0 Å². The van der Waals surface area contributed by atoms with E-state index in [0.717, 1.165) is 0 Å². The summed E-state index contributed by atoms with van der Waals surface area (Å²) in [5.41, 5.74) is 0. The van der Waals surface area contributed by atoms with E-state index in [2.05, 4.69) is 5.32 Å². The highest BCUT2D eigenvalue weighted by Gasteiger charge is 2.42. The molecule has 2 fully saturated rings. The van der Waals surface area contributed by atoms with Gasteiger partial charge in [0.2, 0.25) is 0 Å². The molecular weight excluding hydrogens is 290 g/mol. The van der Waals surface area contributed by atoms with E-state index in [1.165, 1.54) is 0 Å². The number of rotatable bonds is 5. The summed E-state index contributed by atoms with van der Waals surface area (Å²) in [5.74, 6) is 0. The van der Waals surface area contributed by atoms with Crippen molar-refractivity contribution in [2.75, 3.05) is 21.3 Å². The fourth-order valence-electron chi connectivity index (χ4n) is 3.39. The summed E-state index contributed by atoms with van der Waals surface area (Å²) in [6.07, 6.45) is -0.953. The van der Waals surface area contributed by atoms with Gasteiger partial charge in [-0.1, -0.05) is 0 Å². The molecule has 0 aromatic carbocycles. The summed E-state index contributed by atoms with van der Waals surface area (Å²) >= 11 is 0. The van der Waals surface area contributed by atoms with Crippen LogP contribution in [0.2, 0.25) is 0 Å². The lowest BCUT2D eigenvalue weighted by molar-refractivity contribution is -0.301. The van der Waals surface area contributed by atoms with Crippen molar-refractivity contribution in [2.45, 2.75) is 75.8 Å². The van der Waals surface area contributed by atoms with Crippen LogP contribution in [0.25, 0.3) is 0 Å². The van der Waals surface area contributed by atoms with E-state index in [1.807, 2.05) is 20.9 Å². The zero-order valence-corrected chi connectivity index (χ0v) is 14.0. The van der Waals surface area contributed by atoms with Crippen molar-refractivity contribution in [3.63, 3.8) is 0 Å². The van der Waals surface area contributed by atoms with E-state index in [1.54, 1.807) is 14.2 Å². The standard InChI is InChI=1S/C15H29NO6/c1-8-14(16-3)10(18-4)7-13(21-8)22-15-9(2)20-12(17)6-11(15)19-5/h8-17H,6-7H2,1-5H3. The van der Waals surface area contributed by atoms with Crippen molar-refractivity contribution >= 4 is 0 Å². The lowest BCUT2D eigenvalue weighted by atomic mass is 9.98. The lowest BCUT2D eigenvalue weighted by Crippen LogP contribution is -2.57. The second-order valence-electron chi connectivity index (χ2n) is 6.00. The summed E-state index contributed by atoms with van der Waals surface area (Å²) in [5, 5.41) is 12.9. The molecule has 2 aliphatic heterocycles. The second-order valence-corrected chi connectivity index (χ2v) is 6.00. The molecule has 130 valence electrons. The Morgan fingerprint density at radius 1 is 1.00 bits per heavy atom. The molecule has 2 heterocycles. The molecule has 0 spiro atoms. The number of aliphatic hydroxyl groups is 1. The minimum Gasteiger partial charge on any atom is -0.380 e. The van der Waals surface area contributed by atoms with Gasteiger partial charge in [-0.15, -0.1) is 0 Å². The minimum absolute atomic E-state index is 0.0187. The second kappa shape index (κ2) is 8.01. The first-order chi connectivity index (χ1) is 10.5. The molecule has 2 aliphatic rings. The highest BCUT2D eigenvalue weighted by molar-refractivity contribution is 4.89. The van der Waals surface area contributed by atoms with Crippen molar-refractivity contribution in [3.8, 4) is 0 Å². The first kappa shape index (κ1) is 18.1. The van der Waals surface area contributed by atoms with Gasteiger partial charge in [0, 0.05) is 27.1 Å². The van der Waals surface area contributed by atoms with Crippen LogP contribution in [-0.2, 0) is 23.7 Å². The Hall–Kier alpha value is -0.280. The summed E-state index contributed by atoms with van der Waals surface area (Å²) in [6.45, 7) is 3.87. The summed E-state index contributed by atoms with van der Waals surface area (Å²) in [6, 6.07) is 0.130. The number of nitrogens with one attached hydrogen (secondary N) is 1. The number of likely N-dealkylation sites (N-methyl/N-ethyl adjacent to an activating group) is 1. The highest BCUT2D eigenvalue weighted by Crippen LogP contribution is 2.29. The maximum absolute atomic E-state index is 9.68. The van der Waals surface area contributed by atoms with E-state index >= 15 is 0 Å².